The Balaban J connectivity index is 1.33. The molecule has 1 aliphatic carbocycles. The number of urea groups is 1. The van der Waals surface area contributed by atoms with Crippen molar-refractivity contribution in [3.63, 3.8) is 0 Å². The maximum atomic E-state index is 12.8. The van der Waals surface area contributed by atoms with E-state index in [1.807, 2.05) is 18.2 Å². The van der Waals surface area contributed by atoms with Crippen molar-refractivity contribution in [3.8, 4) is 11.5 Å². The number of fused-ring (bicyclic) bond motifs is 1. The van der Waals surface area contributed by atoms with Gasteiger partial charge in [0.25, 0.3) is 5.91 Å². The molecule has 156 valence electrons. The molecule has 0 bridgehead atoms. The molecular formula is C20H25N3O5S. The molecule has 0 atom stereocenters. The van der Waals surface area contributed by atoms with E-state index in [-0.39, 0.29) is 11.7 Å². The Kier molecular flexibility index (Phi) is 5.58. The van der Waals surface area contributed by atoms with Crippen LogP contribution in [0.1, 0.15) is 39.0 Å². The fraction of sp³-hybridized carbons (Fsp3) is 0.550. The SMILES string of the molecule is CC1CCC2(CC1)NC(=O)N(NC(=O)CSc1ccc3c(c1)OCCCO3)C2=O. The molecule has 1 saturated carbocycles. The number of benzene rings is 1. The van der Waals surface area contributed by atoms with Crippen molar-refractivity contribution in [3.05, 3.63) is 18.2 Å². The first-order chi connectivity index (χ1) is 14.0. The molecule has 2 N–H and O–H groups in total. The van der Waals surface area contributed by atoms with Crippen LogP contribution in [0.25, 0.3) is 0 Å². The summed E-state index contributed by atoms with van der Waals surface area (Å²) in [6.45, 7) is 3.35. The Morgan fingerprint density at radius 1 is 1.24 bits per heavy atom. The van der Waals surface area contributed by atoms with Crippen molar-refractivity contribution in [2.45, 2.75) is 49.5 Å². The molecule has 0 radical (unpaired) electrons. The van der Waals surface area contributed by atoms with Gasteiger partial charge < -0.3 is 14.8 Å². The summed E-state index contributed by atoms with van der Waals surface area (Å²) in [6, 6.07) is 4.96. The second kappa shape index (κ2) is 8.14. The lowest BCUT2D eigenvalue weighted by atomic mass is 9.77. The predicted octanol–water partition coefficient (Wildman–Crippen LogP) is 2.47. The van der Waals surface area contributed by atoms with Gasteiger partial charge in [0.05, 0.1) is 19.0 Å². The van der Waals surface area contributed by atoms with Crippen molar-refractivity contribution in [1.82, 2.24) is 15.8 Å². The van der Waals surface area contributed by atoms with Crippen molar-refractivity contribution in [2.75, 3.05) is 19.0 Å². The fourth-order valence-electron chi connectivity index (χ4n) is 3.85. The van der Waals surface area contributed by atoms with Crippen LogP contribution in [-0.4, -0.2) is 47.4 Å². The Bertz CT molecular complexity index is 822. The average Bonchev–Trinajstić information content (AvgIpc) is 2.87. The molecule has 1 spiro atoms. The first-order valence-electron chi connectivity index (χ1n) is 9.95. The zero-order valence-electron chi connectivity index (χ0n) is 16.4. The molecule has 4 amide bonds. The lowest BCUT2D eigenvalue weighted by Gasteiger charge is -2.33. The quantitative estimate of drug-likeness (QED) is 0.575. The number of thioether (sulfide) groups is 1. The summed E-state index contributed by atoms with van der Waals surface area (Å²) in [5, 5.41) is 3.63. The number of hydrogen-bond acceptors (Lipinski definition) is 6. The molecule has 1 aromatic carbocycles. The minimum absolute atomic E-state index is 0.0702. The standard InChI is InChI=1S/C20H25N3O5S/c1-13-5-7-20(8-6-13)18(25)23(19(26)21-20)22-17(24)12-29-14-3-4-15-16(11-14)28-10-2-9-27-15/h3-4,11,13H,2,5-10,12H2,1H3,(H,21,26)(H,22,24). The highest BCUT2D eigenvalue weighted by Crippen LogP contribution is 2.36. The lowest BCUT2D eigenvalue weighted by molar-refractivity contribution is -0.139. The van der Waals surface area contributed by atoms with E-state index < -0.39 is 17.5 Å². The summed E-state index contributed by atoms with van der Waals surface area (Å²) >= 11 is 1.30. The zero-order chi connectivity index (χ0) is 20.4. The van der Waals surface area contributed by atoms with E-state index in [2.05, 4.69) is 17.7 Å². The summed E-state index contributed by atoms with van der Waals surface area (Å²) in [4.78, 5) is 38.3. The molecule has 2 heterocycles. The van der Waals surface area contributed by atoms with Crippen molar-refractivity contribution in [2.24, 2.45) is 5.92 Å². The van der Waals surface area contributed by atoms with Gasteiger partial charge in [0, 0.05) is 11.3 Å². The molecule has 0 aromatic heterocycles. The van der Waals surface area contributed by atoms with Gasteiger partial charge in [-0.3, -0.25) is 15.0 Å². The van der Waals surface area contributed by atoms with Crippen LogP contribution in [-0.2, 0) is 9.59 Å². The first-order valence-corrected chi connectivity index (χ1v) is 10.9. The zero-order valence-corrected chi connectivity index (χ0v) is 17.2. The molecular weight excluding hydrogens is 394 g/mol. The van der Waals surface area contributed by atoms with Gasteiger partial charge in [-0.2, -0.15) is 5.01 Å². The number of amides is 4. The molecule has 4 rings (SSSR count). The fourth-order valence-corrected chi connectivity index (χ4v) is 4.57. The number of nitrogens with one attached hydrogen (secondary N) is 2. The van der Waals surface area contributed by atoms with Crippen LogP contribution in [0.2, 0.25) is 0 Å². The van der Waals surface area contributed by atoms with E-state index in [9.17, 15) is 14.4 Å². The largest absolute Gasteiger partial charge is 0.490 e. The second-order valence-corrected chi connectivity index (χ2v) is 8.87. The normalized spacial score (nSPS) is 26.2. The first kappa shape index (κ1) is 19.9. The Labute approximate surface area is 173 Å². The average molecular weight is 420 g/mol. The maximum absolute atomic E-state index is 12.8. The minimum atomic E-state index is -0.863. The third kappa shape index (κ3) is 4.14. The number of nitrogens with zero attached hydrogens (tertiary/aromatic N) is 1. The highest BCUT2D eigenvalue weighted by molar-refractivity contribution is 8.00. The van der Waals surface area contributed by atoms with Crippen LogP contribution in [0.15, 0.2) is 23.1 Å². The molecule has 3 aliphatic rings. The third-order valence-corrected chi connectivity index (χ3v) is 6.61. The number of hydrogen-bond donors (Lipinski definition) is 2. The van der Waals surface area contributed by atoms with Crippen LogP contribution < -0.4 is 20.2 Å². The van der Waals surface area contributed by atoms with Crippen LogP contribution in [0.3, 0.4) is 0 Å². The third-order valence-electron chi connectivity index (χ3n) is 5.62. The number of carbonyl (C=O) groups is 3. The summed E-state index contributed by atoms with van der Waals surface area (Å²) in [5.41, 5.74) is 1.60. The van der Waals surface area contributed by atoms with Gasteiger partial charge in [0.2, 0.25) is 5.91 Å². The molecule has 2 fully saturated rings. The van der Waals surface area contributed by atoms with Gasteiger partial charge in [-0.15, -0.1) is 11.8 Å². The van der Waals surface area contributed by atoms with Crippen LogP contribution in [0, 0.1) is 5.92 Å². The summed E-state index contributed by atoms with van der Waals surface area (Å²) < 4.78 is 11.3. The number of imide groups is 1. The lowest BCUT2D eigenvalue weighted by Crippen LogP contribution is -2.51. The van der Waals surface area contributed by atoms with E-state index in [0.717, 1.165) is 29.2 Å². The molecule has 0 unspecified atom stereocenters. The molecule has 1 aromatic rings. The van der Waals surface area contributed by atoms with Crippen molar-refractivity contribution >= 4 is 29.6 Å². The van der Waals surface area contributed by atoms with E-state index in [1.54, 1.807) is 0 Å². The van der Waals surface area contributed by atoms with Crippen LogP contribution in [0.5, 0.6) is 11.5 Å². The molecule has 2 aliphatic heterocycles. The summed E-state index contributed by atoms with van der Waals surface area (Å²) in [5.74, 6) is 1.20. The van der Waals surface area contributed by atoms with E-state index in [1.165, 1.54) is 11.8 Å². The molecule has 29 heavy (non-hydrogen) atoms. The topological polar surface area (TPSA) is 97.0 Å². The maximum Gasteiger partial charge on any atom is 0.344 e. The Morgan fingerprint density at radius 2 is 1.97 bits per heavy atom. The van der Waals surface area contributed by atoms with E-state index in [4.69, 9.17) is 9.47 Å². The van der Waals surface area contributed by atoms with Crippen LogP contribution >= 0.6 is 11.8 Å². The Hall–Kier alpha value is -2.42. The Morgan fingerprint density at radius 3 is 2.72 bits per heavy atom. The molecule has 1 saturated heterocycles. The summed E-state index contributed by atoms with van der Waals surface area (Å²) in [7, 11) is 0. The van der Waals surface area contributed by atoms with E-state index >= 15 is 0 Å². The monoisotopic (exact) mass is 419 g/mol. The van der Waals surface area contributed by atoms with Crippen LogP contribution in [0.4, 0.5) is 4.79 Å². The highest BCUT2D eigenvalue weighted by atomic mass is 32.2. The number of hydrazine groups is 1. The van der Waals surface area contributed by atoms with E-state index in [0.29, 0.717) is 43.5 Å². The van der Waals surface area contributed by atoms with Gasteiger partial charge in [-0.05, 0) is 49.8 Å². The number of carbonyl (C=O) groups excluding carboxylic acids is 3. The van der Waals surface area contributed by atoms with Gasteiger partial charge in [-0.1, -0.05) is 6.92 Å². The van der Waals surface area contributed by atoms with Crippen molar-refractivity contribution in [1.29, 1.82) is 0 Å². The van der Waals surface area contributed by atoms with Gasteiger partial charge in [0.15, 0.2) is 11.5 Å². The molecule has 9 heteroatoms. The van der Waals surface area contributed by atoms with Crippen molar-refractivity contribution < 1.29 is 23.9 Å². The van der Waals surface area contributed by atoms with Gasteiger partial charge >= 0.3 is 6.03 Å². The molecule has 8 nitrogen and oxygen atoms in total. The highest BCUT2D eigenvalue weighted by Gasteiger charge is 2.52. The van der Waals surface area contributed by atoms with Gasteiger partial charge in [-0.25, -0.2) is 4.79 Å². The smallest absolute Gasteiger partial charge is 0.344 e. The predicted molar refractivity (Wildman–Crippen MR) is 107 cm³/mol. The minimum Gasteiger partial charge on any atom is -0.490 e. The number of rotatable bonds is 4. The number of ether oxygens (including phenoxy) is 2. The van der Waals surface area contributed by atoms with Gasteiger partial charge in [0.1, 0.15) is 5.54 Å². The summed E-state index contributed by atoms with van der Waals surface area (Å²) in [6.07, 6.45) is 3.81. The second-order valence-electron chi connectivity index (χ2n) is 7.82.